The fourth-order valence-electron chi connectivity index (χ4n) is 1.79. The zero-order chi connectivity index (χ0) is 13.0. The third-order valence-electron chi connectivity index (χ3n) is 2.80. The highest BCUT2D eigenvalue weighted by molar-refractivity contribution is 7.09. The van der Waals surface area contributed by atoms with Crippen molar-refractivity contribution in [3.05, 3.63) is 51.2 Å². The molecule has 4 heteroatoms. The van der Waals surface area contributed by atoms with E-state index in [-0.39, 0.29) is 0 Å². The van der Waals surface area contributed by atoms with Crippen LogP contribution in [0.15, 0.2) is 35.7 Å². The molecule has 0 aliphatic rings. The summed E-state index contributed by atoms with van der Waals surface area (Å²) in [5.41, 5.74) is 0.831. The number of hydrogen-bond donors (Lipinski definition) is 1. The van der Waals surface area contributed by atoms with Crippen molar-refractivity contribution in [1.29, 1.82) is 0 Å². The molecule has 0 aliphatic heterocycles. The van der Waals surface area contributed by atoms with Gasteiger partial charge in [-0.3, -0.25) is 0 Å². The number of thiophene rings is 1. The van der Waals surface area contributed by atoms with Gasteiger partial charge in [0.05, 0.1) is 18.2 Å². The lowest BCUT2D eigenvalue weighted by molar-refractivity contribution is 0.168. The molecule has 1 N–H and O–H groups in total. The lowest BCUT2D eigenvalue weighted by atomic mass is 10.0. The number of methoxy groups -OCH3 is 1. The van der Waals surface area contributed by atoms with Gasteiger partial charge in [0, 0.05) is 4.88 Å². The maximum absolute atomic E-state index is 10.1. The number of benzene rings is 1. The molecule has 0 bridgehead atoms. The molecule has 1 atom stereocenters. The maximum atomic E-state index is 10.1. The molecule has 96 valence electrons. The van der Waals surface area contributed by atoms with Gasteiger partial charge in [-0.05, 0) is 42.0 Å². The Balaban J connectivity index is 2.00. The van der Waals surface area contributed by atoms with Gasteiger partial charge in [-0.15, -0.1) is 11.3 Å². The second-order valence-electron chi connectivity index (χ2n) is 4.03. The average Bonchev–Trinajstić information content (AvgIpc) is 2.89. The summed E-state index contributed by atoms with van der Waals surface area (Å²) in [5, 5.41) is 12.7. The topological polar surface area (TPSA) is 29.5 Å². The van der Waals surface area contributed by atoms with Crippen molar-refractivity contribution in [3.8, 4) is 5.75 Å². The average molecular weight is 283 g/mol. The number of aliphatic hydroxyl groups is 1. The van der Waals surface area contributed by atoms with E-state index in [0.717, 1.165) is 12.0 Å². The summed E-state index contributed by atoms with van der Waals surface area (Å²) < 4.78 is 5.09. The summed E-state index contributed by atoms with van der Waals surface area (Å²) >= 11 is 7.75. The second kappa shape index (κ2) is 6.23. The minimum atomic E-state index is -0.490. The number of halogens is 1. The van der Waals surface area contributed by atoms with Crippen molar-refractivity contribution in [1.82, 2.24) is 0 Å². The SMILES string of the molecule is COc1ccc(C(O)CCc2cccs2)cc1Cl. The number of rotatable bonds is 5. The van der Waals surface area contributed by atoms with Crippen molar-refractivity contribution in [2.75, 3.05) is 7.11 Å². The lowest BCUT2D eigenvalue weighted by Crippen LogP contribution is -1.99. The number of hydrogen-bond acceptors (Lipinski definition) is 3. The van der Waals surface area contributed by atoms with Gasteiger partial charge in [-0.1, -0.05) is 23.7 Å². The van der Waals surface area contributed by atoms with E-state index in [1.807, 2.05) is 17.5 Å². The molecule has 18 heavy (non-hydrogen) atoms. The van der Waals surface area contributed by atoms with E-state index in [2.05, 4.69) is 6.07 Å². The van der Waals surface area contributed by atoms with Crippen LogP contribution in [-0.4, -0.2) is 12.2 Å². The van der Waals surface area contributed by atoms with Crippen LogP contribution in [0, 0.1) is 0 Å². The predicted octanol–water partition coefficient (Wildman–Crippen LogP) is 4.08. The molecule has 2 rings (SSSR count). The molecular formula is C14H15ClO2S. The Morgan fingerprint density at radius 3 is 2.83 bits per heavy atom. The molecular weight excluding hydrogens is 268 g/mol. The van der Waals surface area contributed by atoms with Crippen molar-refractivity contribution in [2.24, 2.45) is 0 Å². The van der Waals surface area contributed by atoms with Crippen molar-refractivity contribution in [3.63, 3.8) is 0 Å². The molecule has 0 saturated carbocycles. The molecule has 1 aromatic carbocycles. The van der Waals surface area contributed by atoms with Crippen LogP contribution in [0.5, 0.6) is 5.75 Å². The molecule has 0 radical (unpaired) electrons. The second-order valence-corrected chi connectivity index (χ2v) is 5.47. The molecule has 1 aromatic heterocycles. The Morgan fingerprint density at radius 2 is 2.22 bits per heavy atom. The molecule has 0 amide bonds. The lowest BCUT2D eigenvalue weighted by Gasteiger charge is -2.12. The third-order valence-corrected chi connectivity index (χ3v) is 4.04. The first kappa shape index (κ1) is 13.4. The van der Waals surface area contributed by atoms with E-state index >= 15 is 0 Å². The Kier molecular flexibility index (Phi) is 4.64. The summed E-state index contributed by atoms with van der Waals surface area (Å²) in [5.74, 6) is 0.630. The van der Waals surface area contributed by atoms with E-state index in [1.165, 1.54) is 4.88 Å². The first-order valence-electron chi connectivity index (χ1n) is 5.74. The van der Waals surface area contributed by atoms with Gasteiger partial charge in [0.25, 0.3) is 0 Å². The standard InChI is InChI=1S/C14H15ClO2S/c1-17-14-7-4-10(9-12(14)15)13(16)6-5-11-3-2-8-18-11/h2-4,7-9,13,16H,5-6H2,1H3. The minimum absolute atomic E-state index is 0.490. The fourth-order valence-corrected chi connectivity index (χ4v) is 2.78. The van der Waals surface area contributed by atoms with Crippen molar-refractivity contribution >= 4 is 22.9 Å². The van der Waals surface area contributed by atoms with Gasteiger partial charge >= 0.3 is 0 Å². The highest BCUT2D eigenvalue weighted by Gasteiger charge is 2.10. The zero-order valence-corrected chi connectivity index (χ0v) is 11.7. The molecule has 0 fully saturated rings. The van der Waals surface area contributed by atoms with E-state index in [1.54, 1.807) is 30.6 Å². The number of aliphatic hydroxyl groups excluding tert-OH is 1. The normalized spacial score (nSPS) is 12.4. The summed E-state index contributed by atoms with van der Waals surface area (Å²) in [6.45, 7) is 0. The van der Waals surface area contributed by atoms with Crippen LogP contribution in [0.25, 0.3) is 0 Å². The Labute approximate surface area is 116 Å². The molecule has 2 aromatic rings. The monoisotopic (exact) mass is 282 g/mol. The van der Waals surface area contributed by atoms with Gasteiger partial charge < -0.3 is 9.84 Å². The first-order chi connectivity index (χ1) is 8.70. The van der Waals surface area contributed by atoms with Crippen LogP contribution < -0.4 is 4.74 Å². The predicted molar refractivity (Wildman–Crippen MR) is 75.6 cm³/mol. The third kappa shape index (κ3) is 3.25. The van der Waals surface area contributed by atoms with Crippen LogP contribution >= 0.6 is 22.9 Å². The quantitative estimate of drug-likeness (QED) is 0.895. The zero-order valence-electron chi connectivity index (χ0n) is 10.1. The van der Waals surface area contributed by atoms with Gasteiger partial charge in [0.1, 0.15) is 5.75 Å². The van der Waals surface area contributed by atoms with Gasteiger partial charge in [0.15, 0.2) is 0 Å². The highest BCUT2D eigenvalue weighted by atomic mass is 35.5. The maximum Gasteiger partial charge on any atom is 0.137 e. The van der Waals surface area contributed by atoms with Crippen LogP contribution in [-0.2, 0) is 6.42 Å². The van der Waals surface area contributed by atoms with Crippen LogP contribution in [0.1, 0.15) is 23.0 Å². The summed E-state index contributed by atoms with van der Waals surface area (Å²) in [6.07, 6.45) is 1.08. The number of ether oxygens (including phenoxy) is 1. The molecule has 0 spiro atoms. The fraction of sp³-hybridized carbons (Fsp3) is 0.286. The van der Waals surface area contributed by atoms with Gasteiger partial charge in [0.2, 0.25) is 0 Å². The molecule has 2 nitrogen and oxygen atoms in total. The van der Waals surface area contributed by atoms with Crippen LogP contribution in [0.3, 0.4) is 0 Å². The minimum Gasteiger partial charge on any atom is -0.495 e. The largest absolute Gasteiger partial charge is 0.495 e. The van der Waals surface area contributed by atoms with Gasteiger partial charge in [-0.25, -0.2) is 0 Å². The molecule has 0 saturated heterocycles. The number of aryl methyl sites for hydroxylation is 1. The van der Waals surface area contributed by atoms with Crippen molar-refractivity contribution in [2.45, 2.75) is 18.9 Å². The van der Waals surface area contributed by atoms with Gasteiger partial charge in [-0.2, -0.15) is 0 Å². The summed E-state index contributed by atoms with van der Waals surface area (Å²) in [7, 11) is 1.58. The van der Waals surface area contributed by atoms with Crippen LogP contribution in [0.4, 0.5) is 0 Å². The molecule has 1 heterocycles. The first-order valence-corrected chi connectivity index (χ1v) is 7.00. The molecule has 1 unspecified atom stereocenters. The smallest absolute Gasteiger partial charge is 0.137 e. The summed E-state index contributed by atoms with van der Waals surface area (Å²) in [4.78, 5) is 1.29. The van der Waals surface area contributed by atoms with Crippen molar-refractivity contribution < 1.29 is 9.84 Å². The molecule has 0 aliphatic carbocycles. The highest BCUT2D eigenvalue weighted by Crippen LogP contribution is 2.29. The summed E-state index contributed by atoms with van der Waals surface area (Å²) in [6, 6.07) is 9.50. The Morgan fingerprint density at radius 1 is 1.39 bits per heavy atom. The van der Waals surface area contributed by atoms with E-state index in [4.69, 9.17) is 16.3 Å². The van der Waals surface area contributed by atoms with E-state index < -0.39 is 6.10 Å². The Hall–Kier alpha value is -1.03. The van der Waals surface area contributed by atoms with Crippen LogP contribution in [0.2, 0.25) is 5.02 Å². The Bertz CT molecular complexity index is 497. The van der Waals surface area contributed by atoms with E-state index in [0.29, 0.717) is 17.2 Å². The van der Waals surface area contributed by atoms with E-state index in [9.17, 15) is 5.11 Å².